The summed E-state index contributed by atoms with van der Waals surface area (Å²) in [4.78, 5) is 11.2. The molecule has 2 rings (SSSR count). The van der Waals surface area contributed by atoms with Crippen LogP contribution in [0.4, 0.5) is 5.69 Å². The van der Waals surface area contributed by atoms with E-state index in [1.165, 1.54) is 0 Å². The van der Waals surface area contributed by atoms with Crippen molar-refractivity contribution in [1.29, 1.82) is 0 Å². The number of amides is 1. The first-order chi connectivity index (χ1) is 7.69. The van der Waals surface area contributed by atoms with Gasteiger partial charge in [0, 0.05) is 18.7 Å². The molecule has 0 saturated carbocycles. The molecule has 1 unspecified atom stereocenters. The van der Waals surface area contributed by atoms with Crippen molar-refractivity contribution in [2.45, 2.75) is 25.9 Å². The maximum atomic E-state index is 11.2. The first-order valence-electron chi connectivity index (χ1n) is 5.48. The molecule has 0 radical (unpaired) electrons. The summed E-state index contributed by atoms with van der Waals surface area (Å²) in [6.07, 6.45) is 1.33. The van der Waals surface area contributed by atoms with E-state index < -0.39 is 0 Å². The topological polar surface area (TPSA) is 64.3 Å². The fraction of sp³-hybridized carbons (Fsp3) is 0.417. The molecule has 86 valence electrons. The highest BCUT2D eigenvalue weighted by atomic mass is 16.5. The molecule has 4 heteroatoms. The predicted octanol–water partition coefficient (Wildman–Crippen LogP) is 1.30. The first-order valence-corrected chi connectivity index (χ1v) is 5.48. The fourth-order valence-electron chi connectivity index (χ4n) is 1.71. The van der Waals surface area contributed by atoms with Gasteiger partial charge in [-0.1, -0.05) is 0 Å². The number of carbonyl (C=O) groups excluding carboxylic acids is 1. The summed E-state index contributed by atoms with van der Waals surface area (Å²) >= 11 is 0. The van der Waals surface area contributed by atoms with E-state index in [4.69, 9.17) is 10.5 Å². The average Bonchev–Trinajstić information content (AvgIpc) is 2.29. The number of nitrogens with one attached hydrogen (secondary N) is 1. The van der Waals surface area contributed by atoms with Gasteiger partial charge in [-0.2, -0.15) is 0 Å². The summed E-state index contributed by atoms with van der Waals surface area (Å²) in [5.41, 5.74) is 7.51. The monoisotopic (exact) mass is 220 g/mol. The highest BCUT2D eigenvalue weighted by molar-refractivity contribution is 5.93. The van der Waals surface area contributed by atoms with Gasteiger partial charge in [-0.15, -0.1) is 0 Å². The van der Waals surface area contributed by atoms with E-state index in [1.807, 2.05) is 25.1 Å². The molecule has 1 aliphatic rings. The van der Waals surface area contributed by atoms with Crippen molar-refractivity contribution < 1.29 is 9.53 Å². The Hall–Kier alpha value is -1.55. The number of nitrogens with two attached hydrogens (primary N) is 1. The molecule has 0 spiro atoms. The summed E-state index contributed by atoms with van der Waals surface area (Å²) in [7, 11) is 0. The molecule has 1 atom stereocenters. The molecule has 1 heterocycles. The van der Waals surface area contributed by atoms with Crippen LogP contribution in [0.25, 0.3) is 0 Å². The third-order valence-electron chi connectivity index (χ3n) is 2.64. The molecule has 0 saturated heterocycles. The van der Waals surface area contributed by atoms with Crippen molar-refractivity contribution in [3.63, 3.8) is 0 Å². The van der Waals surface area contributed by atoms with Gasteiger partial charge in [-0.05, 0) is 37.1 Å². The van der Waals surface area contributed by atoms with E-state index >= 15 is 0 Å². The van der Waals surface area contributed by atoms with Crippen LogP contribution in [0.1, 0.15) is 18.9 Å². The van der Waals surface area contributed by atoms with Crippen molar-refractivity contribution >= 4 is 11.6 Å². The molecule has 0 aliphatic carbocycles. The minimum Gasteiger partial charge on any atom is -0.489 e. The van der Waals surface area contributed by atoms with Crippen LogP contribution in [0.3, 0.4) is 0 Å². The molecule has 1 aromatic carbocycles. The summed E-state index contributed by atoms with van der Waals surface area (Å²) in [6.45, 7) is 2.43. The smallest absolute Gasteiger partial charge is 0.224 e. The van der Waals surface area contributed by atoms with E-state index in [2.05, 4.69) is 5.32 Å². The Morgan fingerprint density at radius 2 is 2.31 bits per heavy atom. The highest BCUT2D eigenvalue weighted by Crippen LogP contribution is 2.27. The molecule has 0 fully saturated rings. The minimum atomic E-state index is 0.0104. The Labute approximate surface area is 94.8 Å². The molecule has 1 amide bonds. The minimum absolute atomic E-state index is 0.0104. The zero-order valence-electron chi connectivity index (χ0n) is 9.32. The van der Waals surface area contributed by atoms with Gasteiger partial charge >= 0.3 is 0 Å². The Bertz CT molecular complexity index is 404. The number of rotatable bonds is 3. The maximum Gasteiger partial charge on any atom is 0.224 e. The van der Waals surface area contributed by atoms with Crippen LogP contribution in [0.5, 0.6) is 5.75 Å². The number of aryl methyl sites for hydroxylation is 1. The molecule has 1 aromatic rings. The largest absolute Gasteiger partial charge is 0.489 e. The Balaban J connectivity index is 2.16. The number of anilines is 1. The molecular formula is C12H16N2O2. The normalized spacial score (nSPS) is 16.2. The molecule has 1 aliphatic heterocycles. The third-order valence-corrected chi connectivity index (χ3v) is 2.64. The van der Waals surface area contributed by atoms with Gasteiger partial charge in [0.2, 0.25) is 5.91 Å². The summed E-state index contributed by atoms with van der Waals surface area (Å²) < 4.78 is 5.62. The van der Waals surface area contributed by atoms with Crippen LogP contribution < -0.4 is 15.8 Å². The van der Waals surface area contributed by atoms with Crippen LogP contribution in [0, 0.1) is 0 Å². The van der Waals surface area contributed by atoms with Crippen LogP contribution in [0.2, 0.25) is 0 Å². The Kier molecular flexibility index (Phi) is 3.10. The van der Waals surface area contributed by atoms with E-state index in [9.17, 15) is 4.79 Å². The van der Waals surface area contributed by atoms with Gasteiger partial charge in [0.1, 0.15) is 11.9 Å². The number of benzene rings is 1. The SMILES string of the molecule is CC(CN)Oc1ccc2c(c1)CCC(=O)N2. The van der Waals surface area contributed by atoms with Gasteiger partial charge in [0.15, 0.2) is 0 Å². The summed E-state index contributed by atoms with van der Waals surface area (Å²) in [5.74, 6) is 0.893. The third kappa shape index (κ3) is 2.33. The van der Waals surface area contributed by atoms with Gasteiger partial charge in [-0.3, -0.25) is 4.79 Å². The van der Waals surface area contributed by atoms with E-state index in [0.29, 0.717) is 13.0 Å². The number of hydrogen-bond acceptors (Lipinski definition) is 3. The van der Waals surface area contributed by atoms with Crippen molar-refractivity contribution in [3.8, 4) is 5.75 Å². The molecule has 3 N–H and O–H groups in total. The number of hydrogen-bond donors (Lipinski definition) is 2. The summed E-state index contributed by atoms with van der Waals surface area (Å²) in [6, 6.07) is 5.71. The van der Waals surface area contributed by atoms with Crippen LogP contribution in [-0.2, 0) is 11.2 Å². The average molecular weight is 220 g/mol. The van der Waals surface area contributed by atoms with E-state index in [0.717, 1.165) is 23.4 Å². The predicted molar refractivity (Wildman–Crippen MR) is 62.5 cm³/mol. The Morgan fingerprint density at radius 1 is 1.50 bits per heavy atom. The molecule has 4 nitrogen and oxygen atoms in total. The van der Waals surface area contributed by atoms with E-state index in [1.54, 1.807) is 0 Å². The lowest BCUT2D eigenvalue weighted by atomic mass is 10.0. The molecule has 0 bridgehead atoms. The lowest BCUT2D eigenvalue weighted by Crippen LogP contribution is -2.23. The zero-order chi connectivity index (χ0) is 11.5. The van der Waals surface area contributed by atoms with Crippen molar-refractivity contribution in [2.75, 3.05) is 11.9 Å². The van der Waals surface area contributed by atoms with Crippen LogP contribution >= 0.6 is 0 Å². The zero-order valence-corrected chi connectivity index (χ0v) is 9.32. The van der Waals surface area contributed by atoms with Gasteiger partial charge in [0.05, 0.1) is 0 Å². The van der Waals surface area contributed by atoms with Gasteiger partial charge in [-0.25, -0.2) is 0 Å². The van der Waals surface area contributed by atoms with E-state index in [-0.39, 0.29) is 12.0 Å². The molecule has 16 heavy (non-hydrogen) atoms. The lowest BCUT2D eigenvalue weighted by molar-refractivity contribution is -0.116. The lowest BCUT2D eigenvalue weighted by Gasteiger charge is -2.19. The second-order valence-corrected chi connectivity index (χ2v) is 4.03. The summed E-state index contributed by atoms with van der Waals surface area (Å²) in [5, 5.41) is 2.84. The number of carbonyl (C=O) groups is 1. The van der Waals surface area contributed by atoms with Crippen molar-refractivity contribution in [1.82, 2.24) is 0 Å². The fourth-order valence-corrected chi connectivity index (χ4v) is 1.71. The maximum absolute atomic E-state index is 11.2. The highest BCUT2D eigenvalue weighted by Gasteiger charge is 2.15. The van der Waals surface area contributed by atoms with Crippen LogP contribution in [-0.4, -0.2) is 18.6 Å². The second-order valence-electron chi connectivity index (χ2n) is 4.03. The van der Waals surface area contributed by atoms with Gasteiger partial charge < -0.3 is 15.8 Å². The molecule has 0 aromatic heterocycles. The quantitative estimate of drug-likeness (QED) is 0.807. The Morgan fingerprint density at radius 3 is 3.06 bits per heavy atom. The second kappa shape index (κ2) is 4.53. The van der Waals surface area contributed by atoms with Gasteiger partial charge in [0.25, 0.3) is 0 Å². The molecular weight excluding hydrogens is 204 g/mol. The standard InChI is InChI=1S/C12H16N2O2/c1-8(7-13)16-10-3-4-11-9(6-10)2-5-12(15)14-11/h3-4,6,8H,2,5,7,13H2,1H3,(H,14,15). The number of ether oxygens (including phenoxy) is 1. The number of fused-ring (bicyclic) bond motifs is 1. The van der Waals surface area contributed by atoms with Crippen LogP contribution in [0.15, 0.2) is 18.2 Å². The first kappa shape index (κ1) is 11.0. The van der Waals surface area contributed by atoms with Crippen molar-refractivity contribution in [2.24, 2.45) is 5.73 Å². The van der Waals surface area contributed by atoms with Crippen molar-refractivity contribution in [3.05, 3.63) is 23.8 Å².